The van der Waals surface area contributed by atoms with E-state index >= 15 is 0 Å². The highest BCUT2D eigenvalue weighted by Crippen LogP contribution is 2.41. The van der Waals surface area contributed by atoms with Crippen LogP contribution in [0.15, 0.2) is 29.6 Å². The number of hydrogen-bond donors (Lipinski definition) is 1. The van der Waals surface area contributed by atoms with Crippen molar-refractivity contribution in [3.63, 3.8) is 0 Å². The number of aromatic nitrogens is 1. The molecule has 2 aromatic rings. The maximum Gasteiger partial charge on any atom is 0.114 e. The Morgan fingerprint density at radius 1 is 1.30 bits per heavy atom. The van der Waals surface area contributed by atoms with Crippen molar-refractivity contribution in [2.75, 3.05) is 0 Å². The molecule has 1 atom stereocenters. The summed E-state index contributed by atoms with van der Waals surface area (Å²) in [6, 6.07) is 8.63. The van der Waals surface area contributed by atoms with Gasteiger partial charge in [0, 0.05) is 10.8 Å². The third-order valence-electron chi connectivity index (χ3n) is 3.87. The van der Waals surface area contributed by atoms with Gasteiger partial charge in [-0.25, -0.2) is 4.98 Å². The molecule has 0 saturated heterocycles. The first-order chi connectivity index (χ1) is 9.45. The molecule has 1 aromatic heterocycles. The zero-order valence-corrected chi connectivity index (χ0v) is 13.2. The van der Waals surface area contributed by atoms with E-state index in [-0.39, 0.29) is 11.5 Å². The van der Waals surface area contributed by atoms with E-state index in [0.29, 0.717) is 0 Å². The predicted molar refractivity (Wildman–Crippen MR) is 85.3 cm³/mol. The molecular weight excluding hydrogens is 264 g/mol. The lowest BCUT2D eigenvalue weighted by atomic mass is 9.93. The van der Waals surface area contributed by atoms with Crippen molar-refractivity contribution in [1.29, 1.82) is 0 Å². The van der Waals surface area contributed by atoms with Crippen molar-refractivity contribution in [2.45, 2.75) is 51.0 Å². The molecule has 0 spiro atoms. The SMILES string of the molecule is CC(C)(C)c1csc(C(N)c2cccc(C3CC3)c2)n1. The Labute approximate surface area is 125 Å². The topological polar surface area (TPSA) is 38.9 Å². The van der Waals surface area contributed by atoms with Gasteiger partial charge in [-0.05, 0) is 29.9 Å². The summed E-state index contributed by atoms with van der Waals surface area (Å²) >= 11 is 1.67. The maximum atomic E-state index is 6.41. The van der Waals surface area contributed by atoms with Crippen LogP contribution in [0.4, 0.5) is 0 Å². The lowest BCUT2D eigenvalue weighted by molar-refractivity contribution is 0.569. The van der Waals surface area contributed by atoms with Crippen molar-refractivity contribution >= 4 is 11.3 Å². The standard InChI is InChI=1S/C17H22N2S/c1-17(2,3)14-10-20-16(19-14)15(18)13-6-4-5-12(9-13)11-7-8-11/h4-6,9-11,15H,7-8,18H2,1-3H3. The Balaban J connectivity index is 1.86. The number of nitrogens with zero attached hydrogens (tertiary/aromatic N) is 1. The number of thiazole rings is 1. The van der Waals surface area contributed by atoms with Crippen LogP contribution in [0.1, 0.15) is 67.4 Å². The zero-order chi connectivity index (χ0) is 14.3. The average molecular weight is 286 g/mol. The van der Waals surface area contributed by atoms with Gasteiger partial charge < -0.3 is 5.73 Å². The van der Waals surface area contributed by atoms with Gasteiger partial charge in [0.25, 0.3) is 0 Å². The summed E-state index contributed by atoms with van der Waals surface area (Å²) < 4.78 is 0. The quantitative estimate of drug-likeness (QED) is 0.910. The minimum absolute atomic E-state index is 0.0876. The molecule has 2 nitrogen and oxygen atoms in total. The smallest absolute Gasteiger partial charge is 0.114 e. The normalized spacial score (nSPS) is 17.2. The van der Waals surface area contributed by atoms with Gasteiger partial charge >= 0.3 is 0 Å². The predicted octanol–water partition coefficient (Wildman–Crippen LogP) is 4.37. The molecule has 3 rings (SSSR count). The Kier molecular flexibility index (Phi) is 3.43. The van der Waals surface area contributed by atoms with Crippen molar-refractivity contribution in [3.8, 4) is 0 Å². The molecule has 20 heavy (non-hydrogen) atoms. The number of hydrogen-bond acceptors (Lipinski definition) is 3. The van der Waals surface area contributed by atoms with Crippen molar-refractivity contribution in [3.05, 3.63) is 51.5 Å². The molecule has 3 heteroatoms. The maximum absolute atomic E-state index is 6.41. The lowest BCUT2D eigenvalue weighted by Gasteiger charge is -2.15. The number of benzene rings is 1. The van der Waals surface area contributed by atoms with Crippen molar-refractivity contribution < 1.29 is 0 Å². The van der Waals surface area contributed by atoms with E-state index in [4.69, 9.17) is 10.7 Å². The lowest BCUT2D eigenvalue weighted by Crippen LogP contribution is -2.15. The van der Waals surface area contributed by atoms with Crippen LogP contribution in [0.25, 0.3) is 0 Å². The van der Waals surface area contributed by atoms with E-state index in [1.807, 2.05) is 0 Å². The fraction of sp³-hybridized carbons (Fsp3) is 0.471. The molecule has 0 amide bonds. The van der Waals surface area contributed by atoms with Gasteiger partial charge in [0.15, 0.2) is 0 Å². The number of nitrogens with two attached hydrogens (primary N) is 1. The highest BCUT2D eigenvalue weighted by molar-refractivity contribution is 7.09. The van der Waals surface area contributed by atoms with Crippen LogP contribution >= 0.6 is 11.3 Å². The van der Waals surface area contributed by atoms with E-state index in [0.717, 1.165) is 16.6 Å². The molecule has 1 heterocycles. The van der Waals surface area contributed by atoms with Crippen LogP contribution in [0.5, 0.6) is 0 Å². The van der Waals surface area contributed by atoms with E-state index < -0.39 is 0 Å². The largest absolute Gasteiger partial charge is 0.318 e. The third-order valence-corrected chi connectivity index (χ3v) is 4.80. The van der Waals surface area contributed by atoms with Gasteiger partial charge in [-0.15, -0.1) is 11.3 Å². The first kappa shape index (κ1) is 13.8. The Morgan fingerprint density at radius 2 is 2.05 bits per heavy atom. The van der Waals surface area contributed by atoms with Crippen LogP contribution < -0.4 is 5.73 Å². The van der Waals surface area contributed by atoms with Crippen LogP contribution in [0, 0.1) is 0 Å². The fourth-order valence-electron chi connectivity index (χ4n) is 2.34. The summed E-state index contributed by atoms with van der Waals surface area (Å²) in [6.07, 6.45) is 2.65. The molecule has 1 aliphatic carbocycles. The highest BCUT2D eigenvalue weighted by Gasteiger charge is 2.25. The summed E-state index contributed by atoms with van der Waals surface area (Å²) in [6.45, 7) is 6.56. The molecule has 1 aliphatic rings. The monoisotopic (exact) mass is 286 g/mol. The second-order valence-electron chi connectivity index (χ2n) is 6.74. The molecule has 1 fully saturated rings. The molecule has 1 unspecified atom stereocenters. The molecule has 1 aromatic carbocycles. The fourth-order valence-corrected chi connectivity index (χ4v) is 3.41. The number of rotatable bonds is 3. The van der Waals surface area contributed by atoms with E-state index in [1.54, 1.807) is 11.3 Å². The second kappa shape index (κ2) is 4.97. The van der Waals surface area contributed by atoms with Gasteiger partial charge in [0.05, 0.1) is 11.7 Å². The first-order valence-electron chi connectivity index (χ1n) is 7.26. The molecular formula is C17H22N2S. The van der Waals surface area contributed by atoms with Gasteiger partial charge in [0.1, 0.15) is 5.01 Å². The first-order valence-corrected chi connectivity index (χ1v) is 8.14. The zero-order valence-electron chi connectivity index (χ0n) is 12.4. The van der Waals surface area contributed by atoms with E-state index in [1.165, 1.54) is 24.0 Å². The minimum Gasteiger partial charge on any atom is -0.318 e. The van der Waals surface area contributed by atoms with Gasteiger partial charge in [-0.2, -0.15) is 0 Å². The molecule has 0 bridgehead atoms. The Morgan fingerprint density at radius 3 is 2.65 bits per heavy atom. The van der Waals surface area contributed by atoms with E-state index in [2.05, 4.69) is 50.4 Å². The van der Waals surface area contributed by atoms with Crippen molar-refractivity contribution in [1.82, 2.24) is 4.98 Å². The van der Waals surface area contributed by atoms with Crippen LogP contribution in [0.2, 0.25) is 0 Å². The summed E-state index contributed by atoms with van der Waals surface area (Å²) in [4.78, 5) is 4.74. The van der Waals surface area contributed by atoms with Gasteiger partial charge in [-0.3, -0.25) is 0 Å². The summed E-state index contributed by atoms with van der Waals surface area (Å²) in [5.41, 5.74) is 10.2. The summed E-state index contributed by atoms with van der Waals surface area (Å²) in [5, 5.41) is 3.16. The Bertz CT molecular complexity index is 605. The van der Waals surface area contributed by atoms with Crippen molar-refractivity contribution in [2.24, 2.45) is 5.73 Å². The third kappa shape index (κ3) is 2.79. The average Bonchev–Trinajstić information content (AvgIpc) is 3.13. The second-order valence-corrected chi connectivity index (χ2v) is 7.63. The van der Waals surface area contributed by atoms with E-state index in [9.17, 15) is 0 Å². The van der Waals surface area contributed by atoms with Gasteiger partial charge in [-0.1, -0.05) is 45.0 Å². The molecule has 2 N–H and O–H groups in total. The molecule has 106 valence electrons. The minimum atomic E-state index is -0.102. The van der Waals surface area contributed by atoms with Gasteiger partial charge in [0.2, 0.25) is 0 Å². The highest BCUT2D eigenvalue weighted by atomic mass is 32.1. The Hall–Kier alpha value is -1.19. The summed E-state index contributed by atoms with van der Waals surface area (Å²) in [7, 11) is 0. The van der Waals surface area contributed by atoms with Crippen LogP contribution in [-0.2, 0) is 5.41 Å². The molecule has 1 saturated carbocycles. The van der Waals surface area contributed by atoms with Crippen LogP contribution in [-0.4, -0.2) is 4.98 Å². The molecule has 0 aliphatic heterocycles. The molecule has 0 radical (unpaired) electrons. The van der Waals surface area contributed by atoms with Crippen LogP contribution in [0.3, 0.4) is 0 Å². The summed E-state index contributed by atoms with van der Waals surface area (Å²) in [5.74, 6) is 0.767.